The number of methoxy groups -OCH3 is 1. The monoisotopic (exact) mass is 480 g/mol. The highest BCUT2D eigenvalue weighted by atomic mass is 32.2. The molecule has 0 bridgehead atoms. The van der Waals surface area contributed by atoms with Crippen LogP contribution in [0.3, 0.4) is 0 Å². The fraction of sp³-hybridized carbons (Fsp3) is 0.294. The highest BCUT2D eigenvalue weighted by molar-refractivity contribution is 7.92. The van der Waals surface area contributed by atoms with Gasteiger partial charge in [0.15, 0.2) is 9.84 Å². The van der Waals surface area contributed by atoms with E-state index < -0.39 is 53.2 Å². The first-order valence-electron chi connectivity index (χ1n) is 8.51. The predicted molar refractivity (Wildman–Crippen MR) is 106 cm³/mol. The Morgan fingerprint density at radius 1 is 1.23 bits per heavy atom. The number of carbonyl (C=O) groups is 1. The van der Waals surface area contributed by atoms with Gasteiger partial charge in [0.2, 0.25) is 0 Å². The molecular weight excluding hydrogens is 461 g/mol. The van der Waals surface area contributed by atoms with Crippen molar-refractivity contribution in [3.05, 3.63) is 52.5 Å². The van der Waals surface area contributed by atoms with Crippen molar-refractivity contribution in [1.82, 2.24) is 10.0 Å². The molecule has 10 nitrogen and oxygen atoms in total. The summed E-state index contributed by atoms with van der Waals surface area (Å²) < 4.78 is 62.4. The maximum absolute atomic E-state index is 14.6. The van der Waals surface area contributed by atoms with E-state index in [9.17, 15) is 26.8 Å². The van der Waals surface area contributed by atoms with E-state index in [0.717, 1.165) is 29.2 Å². The van der Waals surface area contributed by atoms with Gasteiger partial charge in [-0.15, -0.1) is 0 Å². The van der Waals surface area contributed by atoms with Gasteiger partial charge < -0.3 is 19.1 Å². The van der Waals surface area contributed by atoms with Crippen LogP contribution in [0.5, 0.6) is 5.75 Å². The molecule has 0 radical (unpaired) electrons. The van der Waals surface area contributed by atoms with E-state index in [4.69, 9.17) is 14.5 Å². The Morgan fingerprint density at radius 3 is 2.45 bits per heavy atom. The van der Waals surface area contributed by atoms with Gasteiger partial charge in [-0.2, -0.15) is 4.62 Å². The second-order valence-electron chi connectivity index (χ2n) is 6.33. The lowest BCUT2D eigenvalue weighted by molar-refractivity contribution is -0.127. The van der Waals surface area contributed by atoms with Crippen LogP contribution in [0.1, 0.15) is 6.42 Å². The van der Waals surface area contributed by atoms with Gasteiger partial charge in [0, 0.05) is 42.3 Å². The quantitative estimate of drug-likeness (QED) is 0.354. The number of benzene rings is 1. The molecule has 0 aliphatic heterocycles. The molecule has 0 aliphatic rings. The number of halogens is 2. The number of nitrogens with zero attached hydrogens (tertiary/aromatic N) is 1. The van der Waals surface area contributed by atoms with E-state index in [1.54, 1.807) is 5.48 Å². The zero-order valence-electron chi connectivity index (χ0n) is 16.3. The largest absolute Gasteiger partial charge is 0.497 e. The maximum Gasteiger partial charge on any atom is 0.350 e. The maximum atomic E-state index is 14.6. The SMILES string of the molecule is COc1ccc(-c2cc(=O)n(CCC(C(=O)NOP(O)O)S(C)(=O)=O)cc2F)c(F)c1. The number of sulfone groups is 1. The minimum absolute atomic E-state index is 0.169. The van der Waals surface area contributed by atoms with E-state index in [1.807, 2.05) is 0 Å². The van der Waals surface area contributed by atoms with Gasteiger partial charge >= 0.3 is 8.60 Å². The Morgan fingerprint density at radius 2 is 1.90 bits per heavy atom. The fourth-order valence-electron chi connectivity index (χ4n) is 2.72. The van der Waals surface area contributed by atoms with Gasteiger partial charge in [0.05, 0.1) is 7.11 Å². The summed E-state index contributed by atoms with van der Waals surface area (Å²) in [7, 11) is -5.61. The minimum atomic E-state index is -3.99. The molecule has 3 N–H and O–H groups in total. The van der Waals surface area contributed by atoms with Crippen molar-refractivity contribution in [3.63, 3.8) is 0 Å². The highest BCUT2D eigenvalue weighted by Gasteiger charge is 2.30. The molecular formula is C17H19F2N2O8PS. The molecule has 1 aromatic carbocycles. The molecule has 31 heavy (non-hydrogen) atoms. The van der Waals surface area contributed by atoms with Crippen LogP contribution in [0.2, 0.25) is 0 Å². The van der Waals surface area contributed by atoms with Crippen LogP contribution in [-0.2, 0) is 25.8 Å². The number of rotatable bonds is 9. The number of hydrogen-bond donors (Lipinski definition) is 3. The van der Waals surface area contributed by atoms with Crippen molar-refractivity contribution in [1.29, 1.82) is 0 Å². The Labute approximate surface area is 176 Å². The molecule has 2 rings (SSSR count). The summed E-state index contributed by atoms with van der Waals surface area (Å²) in [6.07, 6.45) is 1.09. The van der Waals surface area contributed by atoms with Gasteiger partial charge in [0.1, 0.15) is 22.6 Å². The normalized spacial score (nSPS) is 12.6. The Bertz CT molecular complexity index is 1120. The van der Waals surface area contributed by atoms with Gasteiger partial charge in [-0.05, 0) is 18.6 Å². The summed E-state index contributed by atoms with van der Waals surface area (Å²) in [5, 5.41) is -1.71. The van der Waals surface area contributed by atoms with Crippen molar-refractivity contribution >= 4 is 24.3 Å². The first kappa shape index (κ1) is 24.8. The predicted octanol–water partition coefficient (Wildman–Crippen LogP) is 0.865. The fourth-order valence-corrected chi connectivity index (χ4v) is 3.86. The topological polar surface area (TPSA) is 144 Å². The van der Waals surface area contributed by atoms with Gasteiger partial charge in [-0.1, -0.05) is 0 Å². The average Bonchev–Trinajstić information content (AvgIpc) is 2.67. The van der Waals surface area contributed by atoms with Gasteiger partial charge in [-0.3, -0.25) is 9.59 Å². The lowest BCUT2D eigenvalue weighted by atomic mass is 10.1. The van der Waals surface area contributed by atoms with Crippen LogP contribution < -0.4 is 15.8 Å². The highest BCUT2D eigenvalue weighted by Crippen LogP contribution is 2.27. The minimum Gasteiger partial charge on any atom is -0.497 e. The Hall–Kier alpha value is -2.44. The van der Waals surface area contributed by atoms with Crippen LogP contribution in [0.15, 0.2) is 35.3 Å². The molecule has 2 aromatic rings. The van der Waals surface area contributed by atoms with Crippen molar-refractivity contribution in [2.24, 2.45) is 0 Å². The molecule has 14 heteroatoms. The number of pyridine rings is 1. The zero-order chi connectivity index (χ0) is 23.3. The number of nitrogens with one attached hydrogen (secondary N) is 1. The molecule has 0 spiro atoms. The molecule has 0 fully saturated rings. The van der Waals surface area contributed by atoms with Gasteiger partial charge in [-0.25, -0.2) is 22.7 Å². The van der Waals surface area contributed by atoms with E-state index in [1.165, 1.54) is 19.2 Å². The number of carbonyl (C=O) groups excluding carboxylic acids is 1. The third kappa shape index (κ3) is 6.52. The third-order valence-corrected chi connectivity index (χ3v) is 5.95. The summed E-state index contributed by atoms with van der Waals surface area (Å²) in [5.74, 6) is -2.74. The molecule has 1 heterocycles. The molecule has 0 saturated carbocycles. The molecule has 1 unspecified atom stereocenters. The van der Waals surface area contributed by atoms with Crippen LogP contribution in [0.4, 0.5) is 8.78 Å². The molecule has 1 atom stereocenters. The number of aromatic nitrogens is 1. The van der Waals surface area contributed by atoms with Crippen LogP contribution in [-0.4, -0.2) is 47.3 Å². The number of amides is 1. The summed E-state index contributed by atoms with van der Waals surface area (Å²) in [6.45, 7) is -0.376. The van der Waals surface area contributed by atoms with Crippen molar-refractivity contribution in [2.75, 3.05) is 13.4 Å². The van der Waals surface area contributed by atoms with E-state index in [0.29, 0.717) is 0 Å². The van der Waals surface area contributed by atoms with E-state index >= 15 is 0 Å². The lowest BCUT2D eigenvalue weighted by Gasteiger charge is -2.16. The number of ether oxygens (including phenoxy) is 1. The second-order valence-corrected chi connectivity index (χ2v) is 9.25. The van der Waals surface area contributed by atoms with E-state index in [2.05, 4.69) is 4.62 Å². The van der Waals surface area contributed by atoms with Crippen LogP contribution in [0, 0.1) is 11.6 Å². The first-order chi connectivity index (χ1) is 14.4. The van der Waals surface area contributed by atoms with E-state index in [-0.39, 0.29) is 23.4 Å². The van der Waals surface area contributed by atoms with Crippen LogP contribution >= 0.6 is 8.60 Å². The van der Waals surface area contributed by atoms with Crippen molar-refractivity contribution in [2.45, 2.75) is 18.2 Å². The summed E-state index contributed by atoms with van der Waals surface area (Å²) in [4.78, 5) is 41.6. The Balaban J connectivity index is 2.27. The lowest BCUT2D eigenvalue weighted by Crippen LogP contribution is -2.40. The van der Waals surface area contributed by atoms with Gasteiger partial charge in [0.25, 0.3) is 11.5 Å². The first-order valence-corrected chi connectivity index (χ1v) is 11.6. The molecule has 0 aliphatic carbocycles. The summed E-state index contributed by atoms with van der Waals surface area (Å²) in [6, 6.07) is 4.52. The zero-order valence-corrected chi connectivity index (χ0v) is 18.0. The second kappa shape index (κ2) is 10.2. The summed E-state index contributed by atoms with van der Waals surface area (Å²) >= 11 is 0. The molecule has 1 amide bonds. The molecule has 170 valence electrons. The van der Waals surface area contributed by atoms with Crippen LogP contribution in [0.25, 0.3) is 11.1 Å². The standard InChI is InChI=1S/C17H19F2N2O8PS/c1-28-10-3-4-11(13(18)7-10)12-8-16(22)21(9-14(12)19)6-5-15(31(2,26)27)17(23)20-29-30(24)25/h3-4,7-9,15,24-25H,5-6H2,1-2H3,(H,20,23). The number of hydrogen-bond acceptors (Lipinski definition) is 8. The Kier molecular flexibility index (Phi) is 8.21. The average molecular weight is 480 g/mol. The smallest absolute Gasteiger partial charge is 0.350 e. The number of aryl methyl sites for hydroxylation is 1. The third-order valence-electron chi connectivity index (χ3n) is 4.21. The summed E-state index contributed by atoms with van der Waals surface area (Å²) in [5.41, 5.74) is 0.367. The number of hydroxylamine groups is 1. The van der Waals surface area contributed by atoms with Crippen molar-refractivity contribution < 1.29 is 41.1 Å². The molecule has 0 saturated heterocycles. The van der Waals surface area contributed by atoms with Crippen molar-refractivity contribution in [3.8, 4) is 16.9 Å². The molecule has 1 aromatic heterocycles.